The summed E-state index contributed by atoms with van der Waals surface area (Å²) in [4.78, 5) is 12.3. The maximum atomic E-state index is 12.1. The molecule has 0 aliphatic carbocycles. The Labute approximate surface area is 115 Å². The van der Waals surface area contributed by atoms with Crippen molar-refractivity contribution in [3.05, 3.63) is 39.5 Å². The smallest absolute Gasteiger partial charge is 0.275 e. The first kappa shape index (κ1) is 13.8. The van der Waals surface area contributed by atoms with Crippen LogP contribution in [-0.2, 0) is 10.0 Å². The second-order valence-electron chi connectivity index (χ2n) is 4.14. The fourth-order valence-corrected chi connectivity index (χ4v) is 3.79. The molecule has 0 spiro atoms. The van der Waals surface area contributed by atoms with Gasteiger partial charge in [0.05, 0.1) is 4.88 Å². The third kappa shape index (κ3) is 2.71. The van der Waals surface area contributed by atoms with Crippen molar-refractivity contribution in [2.24, 2.45) is 0 Å². The molecule has 2 aromatic rings. The van der Waals surface area contributed by atoms with Crippen molar-refractivity contribution in [1.82, 2.24) is 4.72 Å². The molecule has 0 saturated carbocycles. The highest BCUT2D eigenvalue weighted by molar-refractivity contribution is 7.90. The lowest BCUT2D eigenvalue weighted by atomic mass is 10.3. The van der Waals surface area contributed by atoms with Gasteiger partial charge < -0.3 is 4.42 Å². The third-order valence-electron chi connectivity index (χ3n) is 2.58. The minimum Gasteiger partial charge on any atom is -0.465 e. The van der Waals surface area contributed by atoms with Gasteiger partial charge in [0, 0.05) is 6.07 Å². The minimum atomic E-state index is -3.90. The van der Waals surface area contributed by atoms with Crippen molar-refractivity contribution in [1.29, 1.82) is 0 Å². The van der Waals surface area contributed by atoms with Crippen LogP contribution in [-0.4, -0.2) is 14.3 Å². The second kappa shape index (κ2) is 4.82. The number of furan rings is 1. The molecule has 0 fully saturated rings. The molecule has 1 N–H and O–H groups in total. The van der Waals surface area contributed by atoms with Gasteiger partial charge in [-0.1, -0.05) is 0 Å². The van der Waals surface area contributed by atoms with E-state index in [-0.39, 0.29) is 10.7 Å². The molecule has 2 aromatic heterocycles. The number of nitrogens with one attached hydrogen (secondary N) is 1. The molecule has 1 amide bonds. The minimum absolute atomic E-state index is 0.00689. The lowest BCUT2D eigenvalue weighted by Gasteiger charge is -2.05. The van der Waals surface area contributed by atoms with E-state index in [0.29, 0.717) is 10.6 Å². The van der Waals surface area contributed by atoms with Crippen molar-refractivity contribution in [2.45, 2.75) is 25.7 Å². The molecule has 0 aliphatic rings. The van der Waals surface area contributed by atoms with Gasteiger partial charge in [-0.3, -0.25) is 4.79 Å². The number of amides is 1. The predicted octanol–water partition coefficient (Wildman–Crippen LogP) is 2.39. The third-order valence-corrected chi connectivity index (χ3v) is 5.03. The molecule has 5 nitrogen and oxygen atoms in total. The van der Waals surface area contributed by atoms with Gasteiger partial charge in [0.1, 0.15) is 16.4 Å². The summed E-state index contributed by atoms with van der Waals surface area (Å²) in [6, 6.07) is 3.16. The Hall–Kier alpha value is -1.60. The van der Waals surface area contributed by atoms with Gasteiger partial charge in [-0.05, 0) is 37.8 Å². The summed E-state index contributed by atoms with van der Waals surface area (Å²) in [5.74, 6) is 0.129. The van der Waals surface area contributed by atoms with Crippen LogP contribution in [0.3, 0.4) is 0 Å². The van der Waals surface area contributed by atoms with Crippen molar-refractivity contribution < 1.29 is 17.6 Å². The standard InChI is InChI=1S/C12H13NO4S2/c1-7-4-5-18-11(7)12(14)13-19(15,16)10-6-8(2)17-9(10)3/h4-6H,1-3H3,(H,13,14). The van der Waals surface area contributed by atoms with E-state index in [9.17, 15) is 13.2 Å². The number of carbonyl (C=O) groups excluding carboxylic acids is 1. The predicted molar refractivity (Wildman–Crippen MR) is 71.9 cm³/mol. The molecule has 0 aliphatic heterocycles. The summed E-state index contributed by atoms with van der Waals surface area (Å²) in [5, 5.41) is 1.74. The van der Waals surface area contributed by atoms with E-state index in [2.05, 4.69) is 4.72 Å². The molecule has 2 rings (SSSR count). The molecule has 0 saturated heterocycles. The van der Waals surface area contributed by atoms with E-state index >= 15 is 0 Å². The fraction of sp³-hybridized carbons (Fsp3) is 0.250. The van der Waals surface area contributed by atoms with Crippen molar-refractivity contribution in [3.8, 4) is 0 Å². The summed E-state index contributed by atoms with van der Waals surface area (Å²) in [6.45, 7) is 4.95. The molecule has 0 atom stereocenters. The second-order valence-corrected chi connectivity index (χ2v) is 6.71. The first-order valence-electron chi connectivity index (χ1n) is 5.49. The highest BCUT2D eigenvalue weighted by Gasteiger charge is 2.24. The molecular weight excluding hydrogens is 286 g/mol. The van der Waals surface area contributed by atoms with Gasteiger partial charge >= 0.3 is 0 Å². The number of aryl methyl sites for hydroxylation is 3. The van der Waals surface area contributed by atoms with Crippen LogP contribution in [0, 0.1) is 20.8 Å². The maximum absolute atomic E-state index is 12.1. The number of thiophene rings is 1. The summed E-state index contributed by atoms with van der Waals surface area (Å²) in [7, 11) is -3.90. The van der Waals surface area contributed by atoms with Gasteiger partial charge in [-0.25, -0.2) is 13.1 Å². The Morgan fingerprint density at radius 2 is 2.00 bits per heavy atom. The van der Waals surface area contributed by atoms with Gasteiger partial charge in [0.2, 0.25) is 0 Å². The number of sulfonamides is 1. The number of hydrogen-bond donors (Lipinski definition) is 1. The Morgan fingerprint density at radius 1 is 1.32 bits per heavy atom. The first-order valence-corrected chi connectivity index (χ1v) is 7.86. The van der Waals surface area contributed by atoms with Gasteiger partial charge in [-0.2, -0.15) is 0 Å². The number of rotatable bonds is 3. The molecule has 0 bridgehead atoms. The largest absolute Gasteiger partial charge is 0.465 e. The first-order chi connectivity index (χ1) is 8.81. The van der Waals surface area contributed by atoms with Crippen LogP contribution < -0.4 is 4.72 Å². The van der Waals surface area contributed by atoms with E-state index in [0.717, 1.165) is 5.56 Å². The van der Waals surface area contributed by atoms with Gasteiger partial charge in [0.25, 0.3) is 15.9 Å². The fourth-order valence-electron chi connectivity index (χ4n) is 1.70. The zero-order chi connectivity index (χ0) is 14.2. The quantitative estimate of drug-likeness (QED) is 0.944. The van der Waals surface area contributed by atoms with Crippen molar-refractivity contribution >= 4 is 27.3 Å². The molecule has 0 radical (unpaired) electrons. The van der Waals surface area contributed by atoms with E-state index < -0.39 is 15.9 Å². The summed E-state index contributed by atoms with van der Waals surface area (Å²) in [6.07, 6.45) is 0. The van der Waals surface area contributed by atoms with Crippen LogP contribution in [0.5, 0.6) is 0 Å². The molecule has 0 aromatic carbocycles. The molecule has 19 heavy (non-hydrogen) atoms. The lowest BCUT2D eigenvalue weighted by Crippen LogP contribution is -2.30. The SMILES string of the molecule is Cc1cc(S(=O)(=O)NC(=O)c2sccc2C)c(C)o1. The monoisotopic (exact) mass is 299 g/mol. The van der Waals surface area contributed by atoms with Crippen molar-refractivity contribution in [2.75, 3.05) is 0 Å². The zero-order valence-corrected chi connectivity index (χ0v) is 12.3. The van der Waals surface area contributed by atoms with Gasteiger partial charge in [-0.15, -0.1) is 11.3 Å². The summed E-state index contributed by atoms with van der Waals surface area (Å²) in [5.41, 5.74) is 0.748. The normalized spacial score (nSPS) is 11.5. The molecule has 0 unspecified atom stereocenters. The van der Waals surface area contributed by atoms with Crippen LogP contribution in [0.4, 0.5) is 0 Å². The van der Waals surface area contributed by atoms with E-state index in [1.54, 1.807) is 32.2 Å². The summed E-state index contributed by atoms with van der Waals surface area (Å²) < 4.78 is 31.4. The average Bonchev–Trinajstić information content (AvgIpc) is 2.84. The topological polar surface area (TPSA) is 76.4 Å². The highest BCUT2D eigenvalue weighted by atomic mass is 32.2. The zero-order valence-electron chi connectivity index (χ0n) is 10.7. The van der Waals surface area contributed by atoms with Crippen LogP contribution in [0.25, 0.3) is 0 Å². The Kier molecular flexibility index (Phi) is 3.51. The number of hydrogen-bond acceptors (Lipinski definition) is 5. The lowest BCUT2D eigenvalue weighted by molar-refractivity contribution is 0.0985. The average molecular weight is 299 g/mol. The van der Waals surface area contributed by atoms with Crippen LogP contribution in [0.15, 0.2) is 26.8 Å². The Morgan fingerprint density at radius 3 is 2.47 bits per heavy atom. The van der Waals surface area contributed by atoms with E-state index in [4.69, 9.17) is 4.42 Å². The summed E-state index contributed by atoms with van der Waals surface area (Å²) >= 11 is 1.20. The highest BCUT2D eigenvalue weighted by Crippen LogP contribution is 2.21. The number of carbonyl (C=O) groups is 1. The van der Waals surface area contributed by atoms with Crippen molar-refractivity contribution in [3.63, 3.8) is 0 Å². The van der Waals surface area contributed by atoms with Gasteiger partial charge in [0.15, 0.2) is 0 Å². The molecular formula is C12H13NO4S2. The molecule has 2 heterocycles. The van der Waals surface area contributed by atoms with E-state index in [1.165, 1.54) is 17.4 Å². The van der Waals surface area contributed by atoms with Crippen LogP contribution >= 0.6 is 11.3 Å². The maximum Gasteiger partial charge on any atom is 0.275 e. The molecule has 102 valence electrons. The molecule has 7 heteroatoms. The van der Waals surface area contributed by atoms with Crippen LogP contribution in [0.1, 0.15) is 26.8 Å². The Bertz CT molecular complexity index is 725. The van der Waals surface area contributed by atoms with E-state index in [1.807, 2.05) is 0 Å². The van der Waals surface area contributed by atoms with Crippen LogP contribution in [0.2, 0.25) is 0 Å². The Balaban J connectivity index is 2.30.